The molecule has 0 atom stereocenters. The Morgan fingerprint density at radius 3 is 2.52 bits per heavy atom. The van der Waals surface area contributed by atoms with Gasteiger partial charge in [-0.1, -0.05) is 18.2 Å². The Bertz CT molecular complexity index is 974. The van der Waals surface area contributed by atoms with E-state index >= 15 is 0 Å². The highest BCUT2D eigenvalue weighted by Crippen LogP contribution is 2.19. The second kappa shape index (κ2) is 9.54. The number of benzene rings is 2. The summed E-state index contributed by atoms with van der Waals surface area (Å²) >= 11 is 0. The van der Waals surface area contributed by atoms with Gasteiger partial charge in [-0.15, -0.1) is 0 Å². The summed E-state index contributed by atoms with van der Waals surface area (Å²) in [5, 5.41) is 6.50. The minimum absolute atomic E-state index is 0.365. The number of carbonyl (C=O) groups is 1. The summed E-state index contributed by atoms with van der Waals surface area (Å²) < 4.78 is 10.1. The van der Waals surface area contributed by atoms with Gasteiger partial charge in [-0.2, -0.15) is 4.98 Å². The number of ether oxygens (including phenoxy) is 2. The number of nitrogens with one attached hydrogen (secondary N) is 2. The normalized spacial score (nSPS) is 10.3. The lowest BCUT2D eigenvalue weighted by molar-refractivity contribution is 0.0601. The summed E-state index contributed by atoms with van der Waals surface area (Å²) in [6.07, 6.45) is 0.791. The van der Waals surface area contributed by atoms with Crippen LogP contribution < -0.4 is 15.4 Å². The highest BCUT2D eigenvalue weighted by atomic mass is 16.5. The molecule has 1 heterocycles. The van der Waals surface area contributed by atoms with Gasteiger partial charge < -0.3 is 20.1 Å². The zero-order valence-corrected chi connectivity index (χ0v) is 16.7. The van der Waals surface area contributed by atoms with Crippen molar-refractivity contribution < 1.29 is 14.3 Å². The Morgan fingerprint density at radius 1 is 1.03 bits per heavy atom. The number of esters is 1. The Kier molecular flexibility index (Phi) is 6.63. The van der Waals surface area contributed by atoms with Crippen molar-refractivity contribution in [1.29, 1.82) is 0 Å². The maximum atomic E-state index is 11.5. The van der Waals surface area contributed by atoms with Crippen molar-refractivity contribution in [2.24, 2.45) is 0 Å². The fraction of sp³-hybridized carbons (Fsp3) is 0.227. The van der Waals surface area contributed by atoms with Crippen LogP contribution in [-0.4, -0.2) is 36.7 Å². The summed E-state index contributed by atoms with van der Waals surface area (Å²) in [5.41, 5.74) is 3.28. The van der Waals surface area contributed by atoms with E-state index in [1.807, 2.05) is 37.3 Å². The third kappa shape index (κ3) is 5.44. The summed E-state index contributed by atoms with van der Waals surface area (Å²) in [4.78, 5) is 20.5. The number of rotatable bonds is 8. The van der Waals surface area contributed by atoms with Gasteiger partial charge in [0.25, 0.3) is 0 Å². The molecule has 0 bridgehead atoms. The van der Waals surface area contributed by atoms with Crippen LogP contribution in [-0.2, 0) is 11.2 Å². The van der Waals surface area contributed by atoms with E-state index in [1.165, 1.54) is 7.11 Å². The largest absolute Gasteiger partial charge is 0.496 e. The lowest BCUT2D eigenvalue weighted by Gasteiger charge is -2.11. The van der Waals surface area contributed by atoms with E-state index in [1.54, 1.807) is 31.4 Å². The molecular weight excluding hydrogens is 368 g/mol. The predicted octanol–water partition coefficient (Wildman–Crippen LogP) is 3.98. The van der Waals surface area contributed by atoms with Gasteiger partial charge in [-0.25, -0.2) is 9.78 Å². The smallest absolute Gasteiger partial charge is 0.337 e. The third-order valence-corrected chi connectivity index (χ3v) is 4.30. The number of aryl methyl sites for hydroxylation is 1. The molecule has 0 unspecified atom stereocenters. The summed E-state index contributed by atoms with van der Waals surface area (Å²) in [6, 6.07) is 16.8. The van der Waals surface area contributed by atoms with Crippen LogP contribution in [0.3, 0.4) is 0 Å². The first-order valence-corrected chi connectivity index (χ1v) is 9.26. The maximum Gasteiger partial charge on any atom is 0.337 e. The SMILES string of the molecule is COC(=O)c1ccc(Nc2cc(C)nc(NCCc3ccccc3OC)n2)cc1. The first-order chi connectivity index (χ1) is 14.1. The number of methoxy groups -OCH3 is 2. The van der Waals surface area contributed by atoms with E-state index in [0.717, 1.165) is 29.1 Å². The summed E-state index contributed by atoms with van der Waals surface area (Å²) in [6.45, 7) is 2.59. The van der Waals surface area contributed by atoms with Crippen molar-refractivity contribution in [3.05, 3.63) is 71.4 Å². The molecule has 7 nitrogen and oxygen atoms in total. The van der Waals surface area contributed by atoms with E-state index in [0.29, 0.717) is 23.9 Å². The summed E-state index contributed by atoms with van der Waals surface area (Å²) in [5.74, 6) is 1.73. The predicted molar refractivity (Wildman–Crippen MR) is 113 cm³/mol. The standard InChI is InChI=1S/C22H24N4O3/c1-15-14-20(25-18-10-8-17(9-11-18)21(27)29-3)26-22(24-15)23-13-12-16-6-4-5-7-19(16)28-2/h4-11,14H,12-13H2,1-3H3,(H2,23,24,25,26). The van der Waals surface area contributed by atoms with Crippen LogP contribution in [0.15, 0.2) is 54.6 Å². The Balaban J connectivity index is 1.64. The molecule has 0 aliphatic carbocycles. The fourth-order valence-corrected chi connectivity index (χ4v) is 2.89. The van der Waals surface area contributed by atoms with E-state index < -0.39 is 0 Å². The number of aromatic nitrogens is 2. The monoisotopic (exact) mass is 392 g/mol. The van der Waals surface area contributed by atoms with Crippen LogP contribution in [0.2, 0.25) is 0 Å². The minimum atomic E-state index is -0.365. The topological polar surface area (TPSA) is 85.4 Å². The summed E-state index contributed by atoms with van der Waals surface area (Å²) in [7, 11) is 3.03. The number of anilines is 3. The molecule has 0 radical (unpaired) electrons. The van der Waals surface area contributed by atoms with Crippen LogP contribution in [0, 0.1) is 6.92 Å². The number of hydrogen-bond donors (Lipinski definition) is 2. The Hall–Kier alpha value is -3.61. The van der Waals surface area contributed by atoms with Gasteiger partial charge in [-0.05, 0) is 49.2 Å². The van der Waals surface area contributed by atoms with Crippen molar-refractivity contribution in [3.8, 4) is 5.75 Å². The lowest BCUT2D eigenvalue weighted by Crippen LogP contribution is -2.10. The van der Waals surface area contributed by atoms with E-state index in [2.05, 4.69) is 20.6 Å². The molecule has 150 valence electrons. The minimum Gasteiger partial charge on any atom is -0.496 e. The zero-order chi connectivity index (χ0) is 20.6. The molecule has 1 aromatic heterocycles. The van der Waals surface area contributed by atoms with Crippen LogP contribution in [0.1, 0.15) is 21.6 Å². The molecular formula is C22H24N4O3. The van der Waals surface area contributed by atoms with Crippen molar-refractivity contribution in [1.82, 2.24) is 9.97 Å². The molecule has 0 amide bonds. The molecule has 2 N–H and O–H groups in total. The molecule has 0 aliphatic rings. The molecule has 0 aliphatic heterocycles. The molecule has 3 rings (SSSR count). The number of para-hydroxylation sites is 1. The van der Waals surface area contributed by atoms with Gasteiger partial charge in [0.2, 0.25) is 5.95 Å². The van der Waals surface area contributed by atoms with Gasteiger partial charge in [0.05, 0.1) is 19.8 Å². The van der Waals surface area contributed by atoms with E-state index in [-0.39, 0.29) is 5.97 Å². The van der Waals surface area contributed by atoms with Crippen molar-refractivity contribution in [2.45, 2.75) is 13.3 Å². The molecule has 7 heteroatoms. The van der Waals surface area contributed by atoms with E-state index in [4.69, 9.17) is 9.47 Å². The van der Waals surface area contributed by atoms with Crippen LogP contribution in [0.5, 0.6) is 5.75 Å². The quantitative estimate of drug-likeness (QED) is 0.561. The average molecular weight is 392 g/mol. The highest BCUT2D eigenvalue weighted by Gasteiger charge is 2.07. The first-order valence-electron chi connectivity index (χ1n) is 9.26. The van der Waals surface area contributed by atoms with E-state index in [9.17, 15) is 4.79 Å². The molecule has 0 fully saturated rings. The van der Waals surface area contributed by atoms with Crippen LogP contribution >= 0.6 is 0 Å². The lowest BCUT2D eigenvalue weighted by atomic mass is 10.1. The van der Waals surface area contributed by atoms with Crippen LogP contribution in [0.4, 0.5) is 17.5 Å². The first kappa shape index (κ1) is 20.1. The van der Waals surface area contributed by atoms with Gasteiger partial charge in [0.15, 0.2) is 0 Å². The molecule has 3 aromatic rings. The molecule has 0 saturated carbocycles. The molecule has 0 saturated heterocycles. The van der Waals surface area contributed by atoms with Gasteiger partial charge >= 0.3 is 5.97 Å². The number of nitrogens with zero attached hydrogens (tertiary/aromatic N) is 2. The van der Waals surface area contributed by atoms with Gasteiger partial charge in [0.1, 0.15) is 11.6 Å². The Labute approximate surface area is 170 Å². The second-order valence-corrected chi connectivity index (χ2v) is 6.40. The molecule has 2 aromatic carbocycles. The van der Waals surface area contributed by atoms with Crippen molar-refractivity contribution in [3.63, 3.8) is 0 Å². The third-order valence-electron chi connectivity index (χ3n) is 4.30. The van der Waals surface area contributed by atoms with Gasteiger partial charge in [-0.3, -0.25) is 0 Å². The van der Waals surface area contributed by atoms with Crippen molar-refractivity contribution >= 4 is 23.4 Å². The molecule has 0 spiro atoms. The van der Waals surface area contributed by atoms with Crippen LogP contribution in [0.25, 0.3) is 0 Å². The average Bonchev–Trinajstić information content (AvgIpc) is 2.73. The zero-order valence-electron chi connectivity index (χ0n) is 16.7. The fourth-order valence-electron chi connectivity index (χ4n) is 2.89. The second-order valence-electron chi connectivity index (χ2n) is 6.40. The maximum absolute atomic E-state index is 11.5. The number of carbonyl (C=O) groups excluding carboxylic acids is 1. The number of hydrogen-bond acceptors (Lipinski definition) is 7. The Morgan fingerprint density at radius 2 is 1.79 bits per heavy atom. The highest BCUT2D eigenvalue weighted by molar-refractivity contribution is 5.89. The van der Waals surface area contributed by atoms with Crippen molar-refractivity contribution in [2.75, 3.05) is 31.4 Å². The molecule has 29 heavy (non-hydrogen) atoms. The van der Waals surface area contributed by atoms with Gasteiger partial charge in [0, 0.05) is 24.0 Å².